The van der Waals surface area contributed by atoms with Gasteiger partial charge in [0.1, 0.15) is 5.76 Å². The van der Waals surface area contributed by atoms with Crippen molar-refractivity contribution >= 4 is 45.2 Å². The second kappa shape index (κ2) is 9.95. The van der Waals surface area contributed by atoms with Gasteiger partial charge in [0.25, 0.3) is 5.91 Å². The molecule has 156 valence electrons. The zero-order chi connectivity index (χ0) is 21.7. The molecule has 8 heteroatoms. The zero-order valence-electron chi connectivity index (χ0n) is 16.9. The van der Waals surface area contributed by atoms with Gasteiger partial charge < -0.3 is 14.7 Å². The van der Waals surface area contributed by atoms with Crippen molar-refractivity contribution in [1.82, 2.24) is 10.1 Å². The number of nitrogens with one attached hydrogen (secondary N) is 1. The molecule has 0 radical (unpaired) electrons. The van der Waals surface area contributed by atoms with E-state index in [0.717, 1.165) is 26.4 Å². The highest BCUT2D eigenvalue weighted by Gasteiger charge is 2.19. The Morgan fingerprint density at radius 1 is 1.13 bits per heavy atom. The third kappa shape index (κ3) is 5.31. The van der Waals surface area contributed by atoms with Gasteiger partial charge >= 0.3 is 0 Å². The predicted molar refractivity (Wildman–Crippen MR) is 122 cm³/mol. The number of para-hydroxylation sites is 1. The van der Waals surface area contributed by atoms with Crippen LogP contribution in [0.25, 0.3) is 0 Å². The lowest BCUT2D eigenvalue weighted by Gasteiger charge is -2.19. The quantitative estimate of drug-likeness (QED) is 0.471. The number of carbonyl (C=O) groups excluding carboxylic acids is 2. The first-order valence-electron chi connectivity index (χ1n) is 9.30. The minimum Gasteiger partial charge on any atom is -0.361 e. The van der Waals surface area contributed by atoms with Gasteiger partial charge in [-0.3, -0.25) is 9.59 Å². The summed E-state index contributed by atoms with van der Waals surface area (Å²) in [6, 6.07) is 14.7. The Bertz CT molecular complexity index is 1050. The number of hydrogen-bond acceptors (Lipinski definition) is 5. The summed E-state index contributed by atoms with van der Waals surface area (Å²) < 4.78 is 6.00. The van der Waals surface area contributed by atoms with Crippen LogP contribution in [0.1, 0.15) is 27.4 Å². The van der Waals surface area contributed by atoms with Gasteiger partial charge in [-0.05, 0) is 54.0 Å². The first-order chi connectivity index (χ1) is 14.4. The number of benzene rings is 2. The minimum absolute atomic E-state index is 0.0525. The minimum atomic E-state index is -0.265. The number of halogens is 1. The lowest BCUT2D eigenvalue weighted by Crippen LogP contribution is -2.35. The second-order valence-corrected chi connectivity index (χ2v) is 8.65. The Morgan fingerprint density at radius 3 is 2.53 bits per heavy atom. The number of amides is 2. The average Bonchev–Trinajstić information content (AvgIpc) is 3.05. The van der Waals surface area contributed by atoms with Gasteiger partial charge in [0.15, 0.2) is 0 Å². The van der Waals surface area contributed by atoms with Gasteiger partial charge in [-0.25, -0.2) is 0 Å². The molecule has 0 bridgehead atoms. The van der Waals surface area contributed by atoms with Crippen molar-refractivity contribution in [2.45, 2.75) is 24.5 Å². The number of nitrogens with zero attached hydrogens (tertiary/aromatic N) is 2. The average molecular weight is 488 g/mol. The molecule has 0 fully saturated rings. The monoisotopic (exact) mass is 487 g/mol. The van der Waals surface area contributed by atoms with Crippen molar-refractivity contribution in [3.63, 3.8) is 0 Å². The van der Waals surface area contributed by atoms with Gasteiger partial charge in [0.05, 0.1) is 23.5 Å². The smallest absolute Gasteiger partial charge is 0.255 e. The Kier molecular flexibility index (Phi) is 7.33. The van der Waals surface area contributed by atoms with E-state index in [0.29, 0.717) is 17.0 Å². The number of anilines is 1. The third-order valence-electron chi connectivity index (χ3n) is 4.55. The molecule has 0 spiro atoms. The maximum atomic E-state index is 13.0. The number of carbonyl (C=O) groups is 2. The highest BCUT2D eigenvalue weighted by Crippen LogP contribution is 2.29. The number of aryl methyl sites for hydroxylation is 2. The van der Waals surface area contributed by atoms with E-state index in [1.54, 1.807) is 30.9 Å². The molecule has 1 N–H and O–H groups in total. The molecule has 0 saturated heterocycles. The molecule has 1 heterocycles. The van der Waals surface area contributed by atoms with E-state index in [1.807, 2.05) is 50.2 Å². The number of thioether (sulfide) groups is 1. The largest absolute Gasteiger partial charge is 0.361 e. The topological polar surface area (TPSA) is 75.4 Å². The molecule has 2 amide bonds. The number of rotatable bonds is 7. The van der Waals surface area contributed by atoms with Crippen LogP contribution in [0.3, 0.4) is 0 Å². The molecular formula is C22H22BrN3O3S. The van der Waals surface area contributed by atoms with Crippen LogP contribution >= 0.6 is 27.7 Å². The van der Waals surface area contributed by atoms with Crippen molar-refractivity contribution in [3.05, 3.63) is 75.6 Å². The lowest BCUT2D eigenvalue weighted by atomic mass is 10.2. The zero-order valence-corrected chi connectivity index (χ0v) is 19.3. The summed E-state index contributed by atoms with van der Waals surface area (Å²) in [5.74, 6) is 0.958. The first-order valence-corrected chi connectivity index (χ1v) is 11.1. The SMILES string of the molecule is Cc1noc(C)c1CSc1ccccc1C(=O)N(C)CC(=O)Nc1ccccc1Br. The Labute approximate surface area is 188 Å². The molecular weight excluding hydrogens is 466 g/mol. The van der Waals surface area contributed by atoms with Crippen LogP contribution in [0.2, 0.25) is 0 Å². The standard InChI is InChI=1S/C22H22BrN3O3S/c1-14-17(15(2)29-25-14)13-30-20-11-7-4-8-16(20)22(28)26(3)12-21(27)24-19-10-6-5-9-18(19)23/h4-11H,12-13H2,1-3H3,(H,24,27). The third-order valence-corrected chi connectivity index (χ3v) is 6.34. The molecule has 1 aromatic heterocycles. The lowest BCUT2D eigenvalue weighted by molar-refractivity contribution is -0.116. The van der Waals surface area contributed by atoms with Gasteiger partial charge in [-0.2, -0.15) is 0 Å². The highest BCUT2D eigenvalue weighted by molar-refractivity contribution is 9.10. The number of hydrogen-bond donors (Lipinski definition) is 1. The summed E-state index contributed by atoms with van der Waals surface area (Å²) in [4.78, 5) is 27.7. The second-order valence-electron chi connectivity index (χ2n) is 6.78. The van der Waals surface area contributed by atoms with Crippen molar-refractivity contribution in [1.29, 1.82) is 0 Å². The van der Waals surface area contributed by atoms with Crippen LogP contribution < -0.4 is 5.32 Å². The van der Waals surface area contributed by atoms with E-state index in [-0.39, 0.29) is 18.4 Å². The summed E-state index contributed by atoms with van der Waals surface area (Å²) in [7, 11) is 1.62. The Hall–Kier alpha value is -2.58. The molecule has 3 aromatic rings. The summed E-state index contributed by atoms with van der Waals surface area (Å²) in [5, 5.41) is 6.79. The van der Waals surface area contributed by atoms with Gasteiger partial charge in [-0.1, -0.05) is 29.4 Å². The van der Waals surface area contributed by atoms with Crippen molar-refractivity contribution in [2.75, 3.05) is 18.9 Å². The molecule has 3 rings (SSSR count). The molecule has 6 nitrogen and oxygen atoms in total. The van der Waals surface area contributed by atoms with Crippen molar-refractivity contribution in [3.8, 4) is 0 Å². The fourth-order valence-electron chi connectivity index (χ4n) is 2.87. The van der Waals surface area contributed by atoms with Crippen LogP contribution in [-0.4, -0.2) is 35.5 Å². The van der Waals surface area contributed by atoms with Crippen LogP contribution in [0.15, 0.2) is 62.4 Å². The van der Waals surface area contributed by atoms with Crippen LogP contribution in [-0.2, 0) is 10.5 Å². The van der Waals surface area contributed by atoms with E-state index in [1.165, 1.54) is 4.90 Å². The Balaban J connectivity index is 1.67. The van der Waals surface area contributed by atoms with E-state index in [2.05, 4.69) is 26.4 Å². The molecule has 0 aliphatic heterocycles. The van der Waals surface area contributed by atoms with E-state index >= 15 is 0 Å². The molecule has 0 aliphatic rings. The normalized spacial score (nSPS) is 10.7. The molecule has 0 unspecified atom stereocenters. The van der Waals surface area contributed by atoms with Gasteiger partial charge in [0, 0.05) is 27.7 Å². The van der Waals surface area contributed by atoms with E-state index in [9.17, 15) is 9.59 Å². The fourth-order valence-corrected chi connectivity index (χ4v) is 4.45. The molecule has 0 saturated carbocycles. The molecule has 0 aliphatic carbocycles. The maximum Gasteiger partial charge on any atom is 0.255 e. The molecule has 2 aromatic carbocycles. The number of likely N-dealkylation sites (N-methyl/N-ethyl adjacent to an activating group) is 1. The van der Waals surface area contributed by atoms with Gasteiger partial charge in [-0.15, -0.1) is 11.8 Å². The maximum absolute atomic E-state index is 13.0. The van der Waals surface area contributed by atoms with E-state index in [4.69, 9.17) is 4.52 Å². The molecule has 0 atom stereocenters. The van der Waals surface area contributed by atoms with Crippen LogP contribution in [0, 0.1) is 13.8 Å². The highest BCUT2D eigenvalue weighted by atomic mass is 79.9. The molecule has 30 heavy (non-hydrogen) atoms. The number of aromatic nitrogens is 1. The summed E-state index contributed by atoms with van der Waals surface area (Å²) in [5.41, 5.74) is 3.11. The first kappa shape index (κ1) is 22.1. The summed E-state index contributed by atoms with van der Waals surface area (Å²) in [6.45, 7) is 3.73. The Morgan fingerprint density at radius 2 is 1.83 bits per heavy atom. The van der Waals surface area contributed by atoms with Crippen LogP contribution in [0.4, 0.5) is 5.69 Å². The summed E-state index contributed by atoms with van der Waals surface area (Å²) in [6.07, 6.45) is 0. The van der Waals surface area contributed by atoms with Gasteiger partial charge in [0.2, 0.25) is 5.91 Å². The summed E-state index contributed by atoms with van der Waals surface area (Å²) >= 11 is 4.95. The van der Waals surface area contributed by atoms with Crippen LogP contribution in [0.5, 0.6) is 0 Å². The van der Waals surface area contributed by atoms with E-state index < -0.39 is 0 Å². The van der Waals surface area contributed by atoms with Crippen molar-refractivity contribution in [2.24, 2.45) is 0 Å². The van der Waals surface area contributed by atoms with Crippen molar-refractivity contribution < 1.29 is 14.1 Å². The predicted octanol–water partition coefficient (Wildman–Crippen LogP) is 5.06. The fraction of sp³-hybridized carbons (Fsp3) is 0.227.